The predicted octanol–water partition coefficient (Wildman–Crippen LogP) is 3.02. The van der Waals surface area contributed by atoms with Crippen molar-refractivity contribution < 1.29 is 0 Å². The van der Waals surface area contributed by atoms with Gasteiger partial charge in [0.25, 0.3) is 0 Å². The summed E-state index contributed by atoms with van der Waals surface area (Å²) in [6.07, 6.45) is 2.59. The van der Waals surface area contributed by atoms with Crippen molar-refractivity contribution in [3.63, 3.8) is 0 Å². The molecule has 0 radical (unpaired) electrons. The molecule has 1 unspecified atom stereocenters. The lowest BCUT2D eigenvalue weighted by atomic mass is 10.2. The van der Waals surface area contributed by atoms with Crippen LogP contribution in [0.15, 0.2) is 22.7 Å². The molecule has 0 bridgehead atoms. The standard InChI is InChI=1S/C11H15BrN2/c1-8-3-2-6-14(8)9-4-5-11(13)10(12)7-9/h4-5,7-8H,2-3,6,13H2,1H3. The van der Waals surface area contributed by atoms with Gasteiger partial charge >= 0.3 is 0 Å². The number of benzene rings is 1. The van der Waals surface area contributed by atoms with E-state index < -0.39 is 0 Å². The Morgan fingerprint density at radius 3 is 2.86 bits per heavy atom. The lowest BCUT2D eigenvalue weighted by molar-refractivity contribution is 0.735. The van der Waals surface area contributed by atoms with Crippen LogP contribution in [0.4, 0.5) is 11.4 Å². The molecule has 0 amide bonds. The highest BCUT2D eigenvalue weighted by Crippen LogP contribution is 2.30. The lowest BCUT2D eigenvalue weighted by Crippen LogP contribution is -2.26. The topological polar surface area (TPSA) is 29.3 Å². The van der Waals surface area contributed by atoms with E-state index in [0.717, 1.165) is 16.7 Å². The summed E-state index contributed by atoms with van der Waals surface area (Å²) < 4.78 is 0.995. The highest BCUT2D eigenvalue weighted by atomic mass is 79.9. The Morgan fingerprint density at radius 1 is 1.50 bits per heavy atom. The minimum absolute atomic E-state index is 0.658. The molecule has 0 aromatic heterocycles. The van der Waals surface area contributed by atoms with Gasteiger partial charge < -0.3 is 10.6 Å². The molecule has 1 atom stereocenters. The average Bonchev–Trinajstić information content (AvgIpc) is 2.57. The number of hydrogen-bond donors (Lipinski definition) is 1. The van der Waals surface area contributed by atoms with E-state index in [-0.39, 0.29) is 0 Å². The number of nitrogens with two attached hydrogens (primary N) is 1. The number of nitrogens with zero attached hydrogens (tertiary/aromatic N) is 1. The van der Waals surface area contributed by atoms with Crippen LogP contribution in [0.2, 0.25) is 0 Å². The van der Waals surface area contributed by atoms with Gasteiger partial charge in [-0.1, -0.05) is 0 Å². The molecule has 1 heterocycles. The first-order valence-electron chi connectivity index (χ1n) is 5.00. The summed E-state index contributed by atoms with van der Waals surface area (Å²) in [6, 6.07) is 6.83. The largest absolute Gasteiger partial charge is 0.398 e. The molecule has 0 spiro atoms. The third-order valence-corrected chi connectivity index (χ3v) is 3.56. The van der Waals surface area contributed by atoms with Crippen LogP contribution in [0.3, 0.4) is 0 Å². The van der Waals surface area contributed by atoms with Crippen LogP contribution >= 0.6 is 15.9 Å². The van der Waals surface area contributed by atoms with E-state index in [4.69, 9.17) is 5.73 Å². The second-order valence-electron chi connectivity index (χ2n) is 3.89. The fourth-order valence-electron chi connectivity index (χ4n) is 2.01. The van der Waals surface area contributed by atoms with Gasteiger partial charge in [0.2, 0.25) is 0 Å². The van der Waals surface area contributed by atoms with Gasteiger partial charge in [-0.3, -0.25) is 0 Å². The van der Waals surface area contributed by atoms with Gasteiger partial charge in [0.05, 0.1) is 0 Å². The third kappa shape index (κ3) is 1.73. The molecule has 2 N–H and O–H groups in total. The van der Waals surface area contributed by atoms with E-state index >= 15 is 0 Å². The van der Waals surface area contributed by atoms with Gasteiger partial charge in [0.15, 0.2) is 0 Å². The molecule has 1 aliphatic rings. The van der Waals surface area contributed by atoms with Gasteiger partial charge in [-0.15, -0.1) is 0 Å². The zero-order valence-electron chi connectivity index (χ0n) is 8.33. The van der Waals surface area contributed by atoms with Gasteiger partial charge in [0, 0.05) is 28.4 Å². The molecule has 1 aliphatic heterocycles. The monoisotopic (exact) mass is 254 g/mol. The van der Waals surface area contributed by atoms with Crippen molar-refractivity contribution in [2.75, 3.05) is 17.2 Å². The maximum atomic E-state index is 5.76. The summed E-state index contributed by atoms with van der Waals surface area (Å²) in [5, 5.41) is 0. The minimum atomic E-state index is 0.658. The average molecular weight is 255 g/mol. The van der Waals surface area contributed by atoms with Crippen molar-refractivity contribution in [1.29, 1.82) is 0 Å². The van der Waals surface area contributed by atoms with Gasteiger partial charge in [-0.05, 0) is 53.9 Å². The van der Waals surface area contributed by atoms with E-state index in [1.807, 2.05) is 6.07 Å². The molecule has 0 aliphatic carbocycles. The van der Waals surface area contributed by atoms with E-state index in [9.17, 15) is 0 Å². The Morgan fingerprint density at radius 2 is 2.29 bits per heavy atom. The summed E-state index contributed by atoms with van der Waals surface area (Å²) in [7, 11) is 0. The predicted molar refractivity (Wildman–Crippen MR) is 64.6 cm³/mol. The zero-order valence-corrected chi connectivity index (χ0v) is 9.92. The van der Waals surface area contributed by atoms with Crippen LogP contribution in [-0.4, -0.2) is 12.6 Å². The van der Waals surface area contributed by atoms with Gasteiger partial charge in [0.1, 0.15) is 0 Å². The molecular formula is C11H15BrN2. The van der Waals surface area contributed by atoms with Crippen molar-refractivity contribution in [1.82, 2.24) is 0 Å². The molecule has 2 nitrogen and oxygen atoms in total. The highest BCUT2D eigenvalue weighted by molar-refractivity contribution is 9.10. The summed E-state index contributed by atoms with van der Waals surface area (Å²) in [5.74, 6) is 0. The maximum Gasteiger partial charge on any atom is 0.0460 e. The van der Waals surface area contributed by atoms with Crippen molar-refractivity contribution >= 4 is 27.3 Å². The maximum absolute atomic E-state index is 5.76. The molecule has 1 saturated heterocycles. The van der Waals surface area contributed by atoms with E-state index in [1.165, 1.54) is 18.5 Å². The fraction of sp³-hybridized carbons (Fsp3) is 0.455. The van der Waals surface area contributed by atoms with Crippen LogP contribution in [0.1, 0.15) is 19.8 Å². The van der Waals surface area contributed by atoms with Crippen LogP contribution < -0.4 is 10.6 Å². The molecular weight excluding hydrogens is 240 g/mol. The Kier molecular flexibility index (Phi) is 2.68. The van der Waals surface area contributed by atoms with Gasteiger partial charge in [-0.25, -0.2) is 0 Å². The number of anilines is 2. The molecule has 3 heteroatoms. The first-order valence-corrected chi connectivity index (χ1v) is 5.79. The molecule has 1 aromatic rings. The Bertz CT molecular complexity index is 338. The van der Waals surface area contributed by atoms with Crippen LogP contribution in [-0.2, 0) is 0 Å². The zero-order chi connectivity index (χ0) is 10.1. The summed E-state index contributed by atoms with van der Waals surface area (Å²) in [6.45, 7) is 3.44. The molecule has 2 rings (SSSR count). The molecule has 76 valence electrons. The SMILES string of the molecule is CC1CCCN1c1ccc(N)c(Br)c1. The van der Waals surface area contributed by atoms with Crippen molar-refractivity contribution in [2.45, 2.75) is 25.8 Å². The summed E-state index contributed by atoms with van der Waals surface area (Å²) in [5.41, 5.74) is 7.84. The van der Waals surface area contributed by atoms with Crippen molar-refractivity contribution in [2.24, 2.45) is 0 Å². The fourth-order valence-corrected chi connectivity index (χ4v) is 2.38. The first-order chi connectivity index (χ1) is 6.68. The molecule has 14 heavy (non-hydrogen) atoms. The Balaban J connectivity index is 2.28. The Hall–Kier alpha value is -0.700. The molecule has 1 fully saturated rings. The van der Waals surface area contributed by atoms with E-state index in [2.05, 4.69) is 39.9 Å². The number of hydrogen-bond acceptors (Lipinski definition) is 2. The second kappa shape index (κ2) is 3.81. The Labute approximate surface area is 93.2 Å². The third-order valence-electron chi connectivity index (χ3n) is 2.87. The van der Waals surface area contributed by atoms with E-state index in [1.54, 1.807) is 0 Å². The smallest absolute Gasteiger partial charge is 0.0460 e. The minimum Gasteiger partial charge on any atom is -0.398 e. The first kappa shape index (κ1) is 9.84. The van der Waals surface area contributed by atoms with Crippen molar-refractivity contribution in [3.8, 4) is 0 Å². The molecule has 1 aromatic carbocycles. The normalized spacial score (nSPS) is 21.6. The number of nitrogen functional groups attached to an aromatic ring is 1. The second-order valence-corrected chi connectivity index (χ2v) is 4.74. The number of halogens is 1. The van der Waals surface area contributed by atoms with E-state index in [0.29, 0.717) is 6.04 Å². The quantitative estimate of drug-likeness (QED) is 0.781. The summed E-state index contributed by atoms with van der Waals surface area (Å²) >= 11 is 3.46. The molecule has 0 saturated carbocycles. The van der Waals surface area contributed by atoms with Gasteiger partial charge in [-0.2, -0.15) is 0 Å². The highest BCUT2D eigenvalue weighted by Gasteiger charge is 2.20. The van der Waals surface area contributed by atoms with Crippen molar-refractivity contribution in [3.05, 3.63) is 22.7 Å². The van der Waals surface area contributed by atoms with Crippen LogP contribution in [0.5, 0.6) is 0 Å². The lowest BCUT2D eigenvalue weighted by Gasteiger charge is -2.24. The summed E-state index contributed by atoms with van der Waals surface area (Å²) in [4.78, 5) is 2.43. The number of rotatable bonds is 1. The van der Waals surface area contributed by atoms with Crippen LogP contribution in [0.25, 0.3) is 0 Å². The van der Waals surface area contributed by atoms with Crippen LogP contribution in [0, 0.1) is 0 Å².